The lowest BCUT2D eigenvalue weighted by Crippen LogP contribution is -2.49. The lowest BCUT2D eigenvalue weighted by molar-refractivity contribution is -0.131. The number of nitrogens with one attached hydrogen (secondary N) is 1. The van der Waals surface area contributed by atoms with Gasteiger partial charge < -0.3 is 10.2 Å². The standard InChI is InChI=1S/C18H24N2O2.ClH/c1-12(21)14-5-3-13(4-6-14)9-18(22)20(2)17-10-15-7-8-16(11-17)19-15;/h3-6,15-17,19H,7-11H2,1-2H3;1H. The van der Waals surface area contributed by atoms with Crippen LogP contribution < -0.4 is 5.32 Å². The largest absolute Gasteiger partial charge is 0.342 e. The van der Waals surface area contributed by atoms with Crippen molar-refractivity contribution in [1.82, 2.24) is 10.2 Å². The molecule has 2 saturated heterocycles. The van der Waals surface area contributed by atoms with Crippen molar-refractivity contribution in [3.8, 4) is 0 Å². The average molecular weight is 337 g/mol. The van der Waals surface area contributed by atoms with E-state index < -0.39 is 0 Å². The predicted octanol–water partition coefficient (Wildman–Crippen LogP) is 2.59. The zero-order valence-electron chi connectivity index (χ0n) is 13.7. The van der Waals surface area contributed by atoms with Gasteiger partial charge in [-0.15, -0.1) is 12.4 Å². The Bertz CT molecular complexity index is 561. The molecule has 2 aliphatic heterocycles. The molecular formula is C18H25ClN2O2. The molecule has 1 amide bonds. The van der Waals surface area contributed by atoms with Crippen LogP contribution >= 0.6 is 12.4 Å². The summed E-state index contributed by atoms with van der Waals surface area (Å²) in [6.45, 7) is 1.55. The van der Waals surface area contributed by atoms with Crippen LogP contribution in [0.3, 0.4) is 0 Å². The van der Waals surface area contributed by atoms with Gasteiger partial charge in [-0.1, -0.05) is 24.3 Å². The Labute approximate surface area is 144 Å². The Morgan fingerprint density at radius 3 is 2.22 bits per heavy atom. The summed E-state index contributed by atoms with van der Waals surface area (Å²) in [6.07, 6.45) is 5.05. The second-order valence-electron chi connectivity index (χ2n) is 6.70. The van der Waals surface area contributed by atoms with Crippen LogP contribution in [0.2, 0.25) is 0 Å². The van der Waals surface area contributed by atoms with Gasteiger partial charge in [-0.3, -0.25) is 9.59 Å². The van der Waals surface area contributed by atoms with Crippen molar-refractivity contribution >= 4 is 24.1 Å². The van der Waals surface area contributed by atoms with Crippen molar-refractivity contribution in [3.63, 3.8) is 0 Å². The summed E-state index contributed by atoms with van der Waals surface area (Å²) in [6, 6.07) is 8.92. The maximum Gasteiger partial charge on any atom is 0.226 e. The Balaban J connectivity index is 0.00000192. The van der Waals surface area contributed by atoms with Crippen LogP contribution in [-0.4, -0.2) is 41.8 Å². The molecule has 2 heterocycles. The van der Waals surface area contributed by atoms with Crippen LogP contribution in [0, 0.1) is 0 Å². The summed E-state index contributed by atoms with van der Waals surface area (Å²) in [5.74, 6) is 0.224. The molecule has 4 nitrogen and oxygen atoms in total. The van der Waals surface area contributed by atoms with Crippen LogP contribution in [0.1, 0.15) is 48.5 Å². The van der Waals surface area contributed by atoms with Gasteiger partial charge in [0.25, 0.3) is 0 Å². The third-order valence-electron chi connectivity index (χ3n) is 5.11. The van der Waals surface area contributed by atoms with Gasteiger partial charge in [-0.05, 0) is 38.2 Å². The van der Waals surface area contributed by atoms with Crippen LogP contribution in [0.15, 0.2) is 24.3 Å². The Morgan fingerprint density at radius 2 is 1.70 bits per heavy atom. The molecule has 2 unspecified atom stereocenters. The summed E-state index contributed by atoms with van der Waals surface area (Å²) in [4.78, 5) is 25.7. The number of amides is 1. The number of hydrogen-bond acceptors (Lipinski definition) is 3. The fraction of sp³-hybridized carbons (Fsp3) is 0.556. The van der Waals surface area contributed by atoms with Crippen molar-refractivity contribution in [3.05, 3.63) is 35.4 Å². The number of halogens is 1. The Kier molecular flexibility index (Phi) is 5.82. The fourth-order valence-electron chi connectivity index (χ4n) is 3.70. The molecule has 0 aliphatic carbocycles. The van der Waals surface area contributed by atoms with Crippen molar-refractivity contribution in [2.45, 2.75) is 57.2 Å². The summed E-state index contributed by atoms with van der Waals surface area (Å²) < 4.78 is 0. The SMILES string of the molecule is CC(=O)c1ccc(CC(=O)N(C)C2CC3CCC(C2)N3)cc1.Cl. The van der Waals surface area contributed by atoms with E-state index in [1.54, 1.807) is 19.1 Å². The zero-order chi connectivity index (χ0) is 15.7. The number of piperidine rings is 1. The van der Waals surface area contributed by atoms with Crippen LogP contribution in [-0.2, 0) is 11.2 Å². The van der Waals surface area contributed by atoms with Crippen LogP contribution in [0.4, 0.5) is 0 Å². The monoisotopic (exact) mass is 336 g/mol. The molecule has 1 aromatic carbocycles. The molecule has 2 fully saturated rings. The highest BCUT2D eigenvalue weighted by molar-refractivity contribution is 5.94. The van der Waals surface area contributed by atoms with Crippen LogP contribution in [0.5, 0.6) is 0 Å². The number of benzene rings is 1. The van der Waals surface area contributed by atoms with Gasteiger partial charge in [0, 0.05) is 30.7 Å². The first kappa shape index (κ1) is 18.0. The molecule has 0 saturated carbocycles. The third kappa shape index (κ3) is 4.12. The van der Waals surface area contributed by atoms with E-state index in [9.17, 15) is 9.59 Å². The molecule has 126 valence electrons. The molecule has 1 N–H and O–H groups in total. The first-order valence-electron chi connectivity index (χ1n) is 8.14. The zero-order valence-corrected chi connectivity index (χ0v) is 14.6. The first-order chi connectivity index (χ1) is 10.5. The minimum atomic E-state index is 0. The van der Waals surface area contributed by atoms with Gasteiger partial charge in [0.05, 0.1) is 6.42 Å². The van der Waals surface area contributed by atoms with E-state index in [2.05, 4.69) is 5.32 Å². The molecule has 0 aromatic heterocycles. The molecule has 3 rings (SSSR count). The number of fused-ring (bicyclic) bond motifs is 2. The predicted molar refractivity (Wildman–Crippen MR) is 93.1 cm³/mol. The summed E-state index contributed by atoms with van der Waals surface area (Å²) in [5, 5.41) is 3.61. The summed E-state index contributed by atoms with van der Waals surface area (Å²) in [7, 11) is 1.93. The minimum Gasteiger partial charge on any atom is -0.342 e. The molecule has 1 aromatic rings. The van der Waals surface area contributed by atoms with Gasteiger partial charge in [-0.25, -0.2) is 0 Å². The van der Waals surface area contributed by atoms with Crippen molar-refractivity contribution < 1.29 is 9.59 Å². The third-order valence-corrected chi connectivity index (χ3v) is 5.11. The number of hydrogen-bond donors (Lipinski definition) is 1. The van der Waals surface area contributed by atoms with Crippen molar-refractivity contribution in [1.29, 1.82) is 0 Å². The second kappa shape index (κ2) is 7.45. The van der Waals surface area contributed by atoms with Gasteiger partial charge in [0.2, 0.25) is 5.91 Å². The Morgan fingerprint density at radius 1 is 1.13 bits per heavy atom. The highest BCUT2D eigenvalue weighted by Gasteiger charge is 2.36. The van der Waals surface area contributed by atoms with Crippen LogP contribution in [0.25, 0.3) is 0 Å². The summed E-state index contributed by atoms with van der Waals surface area (Å²) >= 11 is 0. The van der Waals surface area contributed by atoms with Gasteiger partial charge in [0.1, 0.15) is 0 Å². The lowest BCUT2D eigenvalue weighted by Gasteiger charge is -2.35. The average Bonchev–Trinajstić information content (AvgIpc) is 2.85. The number of carbonyl (C=O) groups excluding carboxylic acids is 2. The highest BCUT2D eigenvalue weighted by atomic mass is 35.5. The maximum absolute atomic E-state index is 12.5. The number of Topliss-reactive ketones (excluding diaryl/α,β-unsaturated/α-hetero) is 1. The van der Waals surface area contributed by atoms with Gasteiger partial charge in [-0.2, -0.15) is 0 Å². The van der Waals surface area contributed by atoms with Crippen molar-refractivity contribution in [2.75, 3.05) is 7.05 Å². The van der Waals surface area contributed by atoms with Crippen molar-refractivity contribution in [2.24, 2.45) is 0 Å². The number of rotatable bonds is 4. The summed E-state index contributed by atoms with van der Waals surface area (Å²) in [5.41, 5.74) is 1.67. The number of nitrogens with zero attached hydrogens (tertiary/aromatic N) is 1. The van der Waals surface area contributed by atoms with E-state index in [-0.39, 0.29) is 24.1 Å². The van der Waals surface area contributed by atoms with E-state index in [4.69, 9.17) is 0 Å². The molecule has 5 heteroatoms. The molecule has 2 atom stereocenters. The molecule has 0 radical (unpaired) electrons. The number of carbonyl (C=O) groups is 2. The smallest absolute Gasteiger partial charge is 0.226 e. The van der Waals surface area contributed by atoms with Gasteiger partial charge in [0.15, 0.2) is 5.78 Å². The molecule has 0 spiro atoms. The number of ketones is 1. The Hall–Kier alpha value is -1.39. The quantitative estimate of drug-likeness (QED) is 0.860. The highest BCUT2D eigenvalue weighted by Crippen LogP contribution is 2.29. The van der Waals surface area contributed by atoms with Gasteiger partial charge >= 0.3 is 0 Å². The molecule has 23 heavy (non-hydrogen) atoms. The fourth-order valence-corrected chi connectivity index (χ4v) is 3.70. The minimum absolute atomic E-state index is 0. The van der Waals surface area contributed by atoms with E-state index in [1.807, 2.05) is 24.1 Å². The molecule has 2 aliphatic rings. The molecule has 2 bridgehead atoms. The topological polar surface area (TPSA) is 49.4 Å². The van der Waals surface area contributed by atoms with E-state index in [1.165, 1.54) is 12.8 Å². The number of likely N-dealkylation sites (N-methyl/N-ethyl adjacent to an activating group) is 1. The first-order valence-corrected chi connectivity index (χ1v) is 8.14. The van der Waals surface area contributed by atoms with E-state index in [0.717, 1.165) is 18.4 Å². The second-order valence-corrected chi connectivity index (χ2v) is 6.70. The normalized spacial score (nSPS) is 25.6. The lowest BCUT2D eigenvalue weighted by atomic mass is 9.98. The van der Waals surface area contributed by atoms with E-state index >= 15 is 0 Å². The van der Waals surface area contributed by atoms with E-state index in [0.29, 0.717) is 30.1 Å². The maximum atomic E-state index is 12.5. The molecular weight excluding hydrogens is 312 g/mol.